The third-order valence-corrected chi connectivity index (χ3v) is 4.77. The number of aromatic nitrogens is 1. The van der Waals surface area contributed by atoms with Crippen molar-refractivity contribution in [3.05, 3.63) is 36.0 Å². The van der Waals surface area contributed by atoms with Crippen LogP contribution in [-0.4, -0.2) is 31.6 Å². The number of amides is 1. The fourth-order valence-electron chi connectivity index (χ4n) is 2.94. The van der Waals surface area contributed by atoms with Crippen LogP contribution >= 0.6 is 0 Å². The molecular weight excluding hydrogens is 316 g/mol. The molecule has 1 aliphatic heterocycles. The van der Waals surface area contributed by atoms with Crippen molar-refractivity contribution in [3.63, 3.8) is 0 Å². The molecule has 1 amide bonds. The van der Waals surface area contributed by atoms with Gasteiger partial charge in [0.2, 0.25) is 15.9 Å². The lowest BCUT2D eigenvalue weighted by molar-refractivity contribution is -0.117. The van der Waals surface area contributed by atoms with E-state index in [1.165, 1.54) is 4.90 Å². The molecule has 1 saturated heterocycles. The van der Waals surface area contributed by atoms with Gasteiger partial charge in [-0.05, 0) is 24.3 Å². The van der Waals surface area contributed by atoms with E-state index in [1.807, 2.05) is 0 Å². The van der Waals surface area contributed by atoms with Gasteiger partial charge in [-0.2, -0.15) is 5.26 Å². The molecule has 0 aliphatic carbocycles. The summed E-state index contributed by atoms with van der Waals surface area (Å²) >= 11 is 0. The maximum absolute atomic E-state index is 12.2. The van der Waals surface area contributed by atoms with Crippen molar-refractivity contribution in [1.82, 2.24) is 4.98 Å². The van der Waals surface area contributed by atoms with Crippen LogP contribution in [0, 0.1) is 17.2 Å². The number of benzene rings is 1. The Balaban J connectivity index is 2.01. The monoisotopic (exact) mass is 330 g/mol. The summed E-state index contributed by atoms with van der Waals surface area (Å²) in [5, 5.41) is 15.2. The Kier molecular flexibility index (Phi) is 3.75. The van der Waals surface area contributed by atoms with Crippen molar-refractivity contribution in [2.75, 3.05) is 17.2 Å². The lowest BCUT2D eigenvalue weighted by atomic mass is 10.1. The van der Waals surface area contributed by atoms with E-state index in [2.05, 4.69) is 11.1 Å². The van der Waals surface area contributed by atoms with E-state index >= 15 is 0 Å². The first-order chi connectivity index (χ1) is 10.9. The van der Waals surface area contributed by atoms with Crippen molar-refractivity contribution in [2.45, 2.75) is 6.42 Å². The van der Waals surface area contributed by atoms with E-state index in [4.69, 9.17) is 5.14 Å². The number of sulfonamides is 1. The van der Waals surface area contributed by atoms with Gasteiger partial charge in [-0.15, -0.1) is 0 Å². The molecule has 1 atom stereocenters. The number of nitrogens with two attached hydrogens (primary N) is 1. The number of carbonyl (C=O) groups is 1. The Morgan fingerprint density at radius 2 is 2.17 bits per heavy atom. The maximum Gasteiger partial charge on any atom is 0.227 e. The number of primary sulfonamides is 1. The molecule has 23 heavy (non-hydrogen) atoms. The van der Waals surface area contributed by atoms with Crippen LogP contribution < -0.4 is 10.0 Å². The smallest absolute Gasteiger partial charge is 0.227 e. The number of pyridine rings is 1. The highest BCUT2D eigenvalue weighted by Gasteiger charge is 2.34. The Labute approximate surface area is 133 Å². The fourth-order valence-corrected chi connectivity index (χ4v) is 3.82. The summed E-state index contributed by atoms with van der Waals surface area (Å²) in [6, 6.07) is 9.03. The number of hydrogen-bond donors (Lipinski definition) is 1. The predicted octanol–water partition coefficient (Wildman–Crippen LogP) is 0.748. The highest BCUT2D eigenvalue weighted by molar-refractivity contribution is 7.89. The van der Waals surface area contributed by atoms with Gasteiger partial charge < -0.3 is 4.90 Å². The van der Waals surface area contributed by atoms with Crippen molar-refractivity contribution in [2.24, 2.45) is 11.1 Å². The summed E-state index contributed by atoms with van der Waals surface area (Å²) in [7, 11) is -3.64. The molecule has 1 unspecified atom stereocenters. The molecular formula is C15H14N4O3S. The fraction of sp³-hybridized carbons (Fsp3) is 0.267. The molecule has 1 aromatic heterocycles. The molecule has 7 nitrogen and oxygen atoms in total. The van der Waals surface area contributed by atoms with Gasteiger partial charge in [0.05, 0.1) is 22.5 Å². The highest BCUT2D eigenvalue weighted by Crippen LogP contribution is 2.32. The minimum absolute atomic E-state index is 0.104. The molecule has 1 aromatic carbocycles. The first-order valence-electron chi connectivity index (χ1n) is 6.98. The molecule has 2 heterocycles. The summed E-state index contributed by atoms with van der Waals surface area (Å²) in [5.74, 6) is -0.821. The second-order valence-electron chi connectivity index (χ2n) is 5.55. The molecule has 2 aromatic rings. The number of anilines is 1. The van der Waals surface area contributed by atoms with Crippen LogP contribution in [0.3, 0.4) is 0 Å². The van der Waals surface area contributed by atoms with E-state index in [0.29, 0.717) is 22.2 Å². The zero-order chi connectivity index (χ0) is 16.6. The highest BCUT2D eigenvalue weighted by atomic mass is 32.2. The summed E-state index contributed by atoms with van der Waals surface area (Å²) in [6.07, 6.45) is 1.73. The zero-order valence-electron chi connectivity index (χ0n) is 12.1. The summed E-state index contributed by atoms with van der Waals surface area (Å²) < 4.78 is 22.4. The Hall–Kier alpha value is -2.50. The third-order valence-electron chi connectivity index (χ3n) is 3.84. The van der Waals surface area contributed by atoms with E-state index in [0.717, 1.165) is 0 Å². The van der Waals surface area contributed by atoms with Crippen LogP contribution in [0.5, 0.6) is 0 Å². The molecule has 1 fully saturated rings. The van der Waals surface area contributed by atoms with E-state index in [1.54, 1.807) is 30.5 Å². The Morgan fingerprint density at radius 1 is 1.39 bits per heavy atom. The maximum atomic E-state index is 12.2. The average molecular weight is 330 g/mol. The average Bonchev–Trinajstić information content (AvgIpc) is 2.84. The van der Waals surface area contributed by atoms with Gasteiger partial charge in [0.25, 0.3) is 0 Å². The largest absolute Gasteiger partial charge is 0.311 e. The topological polar surface area (TPSA) is 117 Å². The molecule has 3 rings (SSSR count). The lowest BCUT2D eigenvalue weighted by Gasteiger charge is -2.19. The van der Waals surface area contributed by atoms with Gasteiger partial charge >= 0.3 is 0 Å². The zero-order valence-corrected chi connectivity index (χ0v) is 13.0. The second-order valence-corrected chi connectivity index (χ2v) is 7.20. The van der Waals surface area contributed by atoms with Gasteiger partial charge in [-0.1, -0.05) is 0 Å². The van der Waals surface area contributed by atoms with Crippen molar-refractivity contribution < 1.29 is 13.2 Å². The van der Waals surface area contributed by atoms with Crippen molar-refractivity contribution in [1.29, 1.82) is 5.26 Å². The molecule has 0 spiro atoms. The van der Waals surface area contributed by atoms with E-state index in [9.17, 15) is 18.5 Å². The lowest BCUT2D eigenvalue weighted by Crippen LogP contribution is -2.28. The predicted molar refractivity (Wildman–Crippen MR) is 84.9 cm³/mol. The van der Waals surface area contributed by atoms with Crippen LogP contribution in [-0.2, 0) is 14.8 Å². The minimum atomic E-state index is -3.64. The third kappa shape index (κ3) is 3.02. The van der Waals surface area contributed by atoms with E-state index in [-0.39, 0.29) is 30.5 Å². The van der Waals surface area contributed by atoms with Gasteiger partial charge in [-0.3, -0.25) is 9.78 Å². The number of hydrogen-bond acceptors (Lipinski definition) is 5. The van der Waals surface area contributed by atoms with Gasteiger partial charge in [0.15, 0.2) is 0 Å². The van der Waals surface area contributed by atoms with Crippen LogP contribution in [0.2, 0.25) is 0 Å². The first kappa shape index (κ1) is 15.4. The number of nitrogens with zero attached hydrogens (tertiary/aromatic N) is 3. The van der Waals surface area contributed by atoms with Crippen LogP contribution in [0.25, 0.3) is 10.9 Å². The standard InChI is InChI=1S/C15H14N4O3S/c16-7-12-11-2-1-5-18-13(11)3-4-14(12)19-8-10(6-15(19)20)9-23(17,21)22/h1-5,10H,6,8-9H2,(H2,17,21,22). The number of rotatable bonds is 3. The Bertz CT molecular complexity index is 933. The second kappa shape index (κ2) is 5.61. The first-order valence-corrected chi connectivity index (χ1v) is 8.69. The summed E-state index contributed by atoms with van der Waals surface area (Å²) in [5.41, 5.74) is 1.51. The van der Waals surface area contributed by atoms with Crippen LogP contribution in [0.4, 0.5) is 5.69 Å². The molecule has 118 valence electrons. The number of carbonyl (C=O) groups excluding carboxylic acids is 1. The summed E-state index contributed by atoms with van der Waals surface area (Å²) in [4.78, 5) is 17.9. The minimum Gasteiger partial charge on any atom is -0.311 e. The number of fused-ring (bicyclic) bond motifs is 1. The SMILES string of the molecule is N#Cc1c(N2CC(CS(N)(=O)=O)CC2=O)ccc2ncccc12. The normalized spacial score (nSPS) is 18.3. The molecule has 2 N–H and O–H groups in total. The molecule has 1 aliphatic rings. The molecule has 0 saturated carbocycles. The van der Waals surface area contributed by atoms with Gasteiger partial charge in [0.1, 0.15) is 6.07 Å². The Morgan fingerprint density at radius 3 is 2.87 bits per heavy atom. The molecule has 8 heteroatoms. The van der Waals surface area contributed by atoms with Crippen LogP contribution in [0.1, 0.15) is 12.0 Å². The van der Waals surface area contributed by atoms with Crippen molar-refractivity contribution >= 4 is 32.5 Å². The van der Waals surface area contributed by atoms with Crippen LogP contribution in [0.15, 0.2) is 30.5 Å². The van der Waals surface area contributed by atoms with Gasteiger partial charge in [0, 0.05) is 30.5 Å². The molecule has 0 bridgehead atoms. The van der Waals surface area contributed by atoms with Crippen molar-refractivity contribution in [3.8, 4) is 6.07 Å². The van der Waals surface area contributed by atoms with Gasteiger partial charge in [-0.25, -0.2) is 13.6 Å². The molecule has 0 radical (unpaired) electrons. The quantitative estimate of drug-likeness (QED) is 0.891. The number of nitriles is 1. The van der Waals surface area contributed by atoms with E-state index < -0.39 is 10.0 Å². The summed E-state index contributed by atoms with van der Waals surface area (Å²) in [6.45, 7) is 0.232.